The third-order valence-corrected chi connectivity index (χ3v) is 3.73. The van der Waals surface area contributed by atoms with Crippen LogP contribution in [0.2, 0.25) is 5.02 Å². The van der Waals surface area contributed by atoms with Gasteiger partial charge in [0.1, 0.15) is 12.4 Å². The number of nitrogens with one attached hydrogen (secondary N) is 1. The first kappa shape index (κ1) is 14.6. The molecule has 1 aromatic carbocycles. The number of hydrogen-bond acceptors (Lipinski definition) is 5. The van der Waals surface area contributed by atoms with Crippen LogP contribution in [0, 0.1) is 0 Å². The van der Waals surface area contributed by atoms with Crippen LogP contribution in [0.5, 0.6) is 0 Å². The Hall–Kier alpha value is -2.34. The van der Waals surface area contributed by atoms with Crippen LogP contribution in [0.4, 0.5) is 5.95 Å². The van der Waals surface area contributed by atoms with Crippen LogP contribution >= 0.6 is 11.6 Å². The normalized spacial score (nSPS) is 17.0. The molecule has 0 fully saturated rings. The minimum atomic E-state index is -0.393. The monoisotopic (exact) mass is 318 g/mol. The van der Waals surface area contributed by atoms with E-state index in [-0.39, 0.29) is 5.97 Å². The molecule has 0 spiro atoms. The van der Waals surface area contributed by atoms with Crippen LogP contribution in [0.1, 0.15) is 25.5 Å². The Bertz CT molecular complexity index is 736. The Morgan fingerprint density at radius 3 is 2.82 bits per heavy atom. The topological polar surface area (TPSA) is 69.0 Å². The van der Waals surface area contributed by atoms with Gasteiger partial charge in [0, 0.05) is 10.7 Å². The lowest BCUT2D eigenvalue weighted by Gasteiger charge is -2.28. The van der Waals surface area contributed by atoms with Crippen LogP contribution in [-0.2, 0) is 9.53 Å². The minimum absolute atomic E-state index is 0.313. The molecule has 22 heavy (non-hydrogen) atoms. The Labute approximate surface area is 132 Å². The van der Waals surface area contributed by atoms with Crippen molar-refractivity contribution in [2.24, 2.45) is 0 Å². The van der Waals surface area contributed by atoms with Crippen molar-refractivity contribution >= 4 is 23.5 Å². The summed E-state index contributed by atoms with van der Waals surface area (Å²) >= 11 is 5.96. The quantitative estimate of drug-likeness (QED) is 0.881. The summed E-state index contributed by atoms with van der Waals surface area (Å²) in [4.78, 5) is 16.6. The first-order valence-corrected chi connectivity index (χ1v) is 7.29. The first-order chi connectivity index (χ1) is 10.6. The molecule has 1 atom stereocenters. The second-order valence-electron chi connectivity index (χ2n) is 4.87. The van der Waals surface area contributed by atoms with E-state index < -0.39 is 6.04 Å². The van der Waals surface area contributed by atoms with Gasteiger partial charge in [0.05, 0.1) is 12.2 Å². The molecule has 0 radical (unpaired) electrons. The van der Waals surface area contributed by atoms with Gasteiger partial charge in [0.2, 0.25) is 5.95 Å². The van der Waals surface area contributed by atoms with Crippen molar-refractivity contribution in [3.05, 3.63) is 52.4 Å². The summed E-state index contributed by atoms with van der Waals surface area (Å²) in [6, 6.07) is 6.92. The number of ether oxygens (including phenoxy) is 1. The van der Waals surface area contributed by atoms with Crippen molar-refractivity contribution < 1.29 is 9.53 Å². The van der Waals surface area contributed by atoms with E-state index in [9.17, 15) is 4.79 Å². The van der Waals surface area contributed by atoms with Crippen LogP contribution in [0.25, 0.3) is 0 Å². The van der Waals surface area contributed by atoms with Crippen molar-refractivity contribution in [1.82, 2.24) is 14.8 Å². The number of carbonyl (C=O) groups excluding carboxylic acids is 1. The largest absolute Gasteiger partial charge is 0.463 e. The van der Waals surface area contributed by atoms with Crippen LogP contribution < -0.4 is 5.32 Å². The van der Waals surface area contributed by atoms with Gasteiger partial charge in [-0.05, 0) is 31.5 Å². The van der Waals surface area contributed by atoms with E-state index in [0.717, 1.165) is 5.56 Å². The zero-order valence-corrected chi connectivity index (χ0v) is 13.0. The molecule has 0 saturated carbocycles. The molecular weight excluding hydrogens is 304 g/mol. The van der Waals surface area contributed by atoms with Crippen molar-refractivity contribution in [1.29, 1.82) is 0 Å². The highest BCUT2D eigenvalue weighted by Gasteiger charge is 2.34. The smallest absolute Gasteiger partial charge is 0.338 e. The van der Waals surface area contributed by atoms with Crippen molar-refractivity contribution in [2.45, 2.75) is 19.9 Å². The predicted octanol–water partition coefficient (Wildman–Crippen LogP) is 2.78. The van der Waals surface area contributed by atoms with E-state index >= 15 is 0 Å². The predicted molar refractivity (Wildman–Crippen MR) is 82.6 cm³/mol. The van der Waals surface area contributed by atoms with E-state index in [1.807, 2.05) is 19.1 Å². The van der Waals surface area contributed by atoms with Gasteiger partial charge in [-0.2, -0.15) is 10.1 Å². The Balaban J connectivity index is 2.13. The second-order valence-corrected chi connectivity index (χ2v) is 5.30. The van der Waals surface area contributed by atoms with Crippen LogP contribution in [0.3, 0.4) is 0 Å². The van der Waals surface area contributed by atoms with E-state index in [0.29, 0.717) is 28.8 Å². The third-order valence-electron chi connectivity index (χ3n) is 3.48. The molecule has 1 aliphatic heterocycles. The Morgan fingerprint density at radius 2 is 2.14 bits per heavy atom. The number of anilines is 1. The molecule has 2 heterocycles. The maximum absolute atomic E-state index is 12.4. The summed E-state index contributed by atoms with van der Waals surface area (Å²) in [6.45, 7) is 3.92. The zero-order chi connectivity index (χ0) is 15.7. The van der Waals surface area contributed by atoms with Gasteiger partial charge in [-0.3, -0.25) is 0 Å². The minimum Gasteiger partial charge on any atom is -0.463 e. The summed E-state index contributed by atoms with van der Waals surface area (Å²) < 4.78 is 6.86. The number of halogens is 1. The van der Waals surface area contributed by atoms with Gasteiger partial charge in [0.15, 0.2) is 0 Å². The Morgan fingerprint density at radius 1 is 1.41 bits per heavy atom. The molecule has 2 aromatic rings. The molecule has 1 N–H and O–H groups in total. The maximum atomic E-state index is 12.4. The molecule has 0 unspecified atom stereocenters. The number of aromatic nitrogens is 3. The number of carbonyl (C=O) groups is 1. The lowest BCUT2D eigenvalue weighted by atomic mass is 9.96. The molecule has 1 aliphatic rings. The molecular formula is C15H15ClN4O2. The number of allylic oxidation sites excluding steroid dienone is 1. The molecule has 0 saturated heterocycles. The Kier molecular flexibility index (Phi) is 3.85. The third kappa shape index (κ3) is 2.46. The molecule has 0 aliphatic carbocycles. The second kappa shape index (κ2) is 5.81. The first-order valence-electron chi connectivity index (χ1n) is 6.91. The fourth-order valence-electron chi connectivity index (χ4n) is 2.52. The number of esters is 1. The van der Waals surface area contributed by atoms with Gasteiger partial charge in [-0.15, -0.1) is 0 Å². The summed E-state index contributed by atoms with van der Waals surface area (Å²) in [5.74, 6) is 0.221. The lowest BCUT2D eigenvalue weighted by Crippen LogP contribution is -2.29. The molecule has 114 valence electrons. The molecule has 0 amide bonds. The number of fused-ring (bicyclic) bond motifs is 1. The number of hydrogen-bond donors (Lipinski definition) is 1. The average molecular weight is 319 g/mol. The number of nitrogens with zero attached hydrogens (tertiary/aromatic N) is 3. The standard InChI is InChI=1S/C15H15ClN4O2/c1-3-22-14(21)12-9(2)19-15-17-8-18-20(15)13(12)10-4-6-11(16)7-5-10/h4-8,13H,3H2,1-2H3,(H,17,18,19)/t13-/m0/s1. The summed E-state index contributed by atoms with van der Waals surface area (Å²) in [6.07, 6.45) is 1.45. The van der Waals surface area contributed by atoms with Crippen molar-refractivity contribution in [3.8, 4) is 0 Å². The highest BCUT2D eigenvalue weighted by Crippen LogP contribution is 2.35. The van der Waals surface area contributed by atoms with Crippen LogP contribution in [0.15, 0.2) is 41.9 Å². The van der Waals surface area contributed by atoms with Gasteiger partial charge in [0.25, 0.3) is 0 Å². The number of benzene rings is 1. The van der Waals surface area contributed by atoms with E-state index in [1.54, 1.807) is 23.7 Å². The van der Waals surface area contributed by atoms with Gasteiger partial charge >= 0.3 is 5.97 Å². The SMILES string of the molecule is CCOC(=O)C1=C(C)Nc2ncnn2[C@H]1c1ccc(Cl)cc1. The van der Waals surface area contributed by atoms with Crippen molar-refractivity contribution in [2.75, 3.05) is 11.9 Å². The van der Waals surface area contributed by atoms with E-state index in [1.165, 1.54) is 6.33 Å². The molecule has 0 bridgehead atoms. The molecule has 3 rings (SSSR count). The fraction of sp³-hybridized carbons (Fsp3) is 0.267. The molecule has 1 aromatic heterocycles. The van der Waals surface area contributed by atoms with Gasteiger partial charge < -0.3 is 10.1 Å². The van der Waals surface area contributed by atoms with Gasteiger partial charge in [-0.25, -0.2) is 9.48 Å². The number of rotatable bonds is 3. The zero-order valence-electron chi connectivity index (χ0n) is 12.2. The lowest BCUT2D eigenvalue weighted by molar-refractivity contribution is -0.139. The van der Waals surface area contributed by atoms with E-state index in [4.69, 9.17) is 16.3 Å². The summed E-state index contributed by atoms with van der Waals surface area (Å²) in [5.41, 5.74) is 2.11. The summed E-state index contributed by atoms with van der Waals surface area (Å²) in [7, 11) is 0. The van der Waals surface area contributed by atoms with E-state index in [2.05, 4.69) is 15.4 Å². The highest BCUT2D eigenvalue weighted by atomic mass is 35.5. The van der Waals surface area contributed by atoms with Crippen LogP contribution in [-0.4, -0.2) is 27.3 Å². The average Bonchev–Trinajstić information content (AvgIpc) is 2.94. The summed E-state index contributed by atoms with van der Waals surface area (Å²) in [5, 5.41) is 7.95. The molecule has 7 heteroatoms. The fourth-order valence-corrected chi connectivity index (χ4v) is 2.64. The maximum Gasteiger partial charge on any atom is 0.338 e. The molecule has 6 nitrogen and oxygen atoms in total. The highest BCUT2D eigenvalue weighted by molar-refractivity contribution is 6.30. The van der Waals surface area contributed by atoms with Crippen molar-refractivity contribution in [3.63, 3.8) is 0 Å². The van der Waals surface area contributed by atoms with Gasteiger partial charge in [-0.1, -0.05) is 23.7 Å².